The summed E-state index contributed by atoms with van der Waals surface area (Å²) in [4.78, 5) is 26.8. The zero-order chi connectivity index (χ0) is 21.6. The molecule has 2 atom stereocenters. The van der Waals surface area contributed by atoms with E-state index in [9.17, 15) is 14.7 Å². The summed E-state index contributed by atoms with van der Waals surface area (Å²) in [7, 11) is 0. The molecule has 1 unspecified atom stereocenters. The maximum atomic E-state index is 13.5. The van der Waals surface area contributed by atoms with Crippen LogP contribution >= 0.6 is 23.2 Å². The number of carbonyl (C=O) groups is 2. The molecule has 30 heavy (non-hydrogen) atoms. The number of nitrogens with zero attached hydrogens (tertiary/aromatic N) is 1. The van der Waals surface area contributed by atoms with E-state index < -0.39 is 11.8 Å². The fourth-order valence-corrected chi connectivity index (χ4v) is 4.23. The van der Waals surface area contributed by atoms with Crippen LogP contribution in [0.15, 0.2) is 66.7 Å². The van der Waals surface area contributed by atoms with Gasteiger partial charge in [-0.05, 0) is 49.7 Å². The Labute approximate surface area is 184 Å². The van der Waals surface area contributed by atoms with Gasteiger partial charge in [-0.3, -0.25) is 14.5 Å². The molecule has 1 amide bonds. The second kappa shape index (κ2) is 7.55. The highest BCUT2D eigenvalue weighted by molar-refractivity contribution is 6.30. The predicted molar refractivity (Wildman–Crippen MR) is 117 cm³/mol. The molecule has 0 bridgehead atoms. The first kappa shape index (κ1) is 20.6. The van der Waals surface area contributed by atoms with Crippen LogP contribution in [0.3, 0.4) is 0 Å². The molecule has 0 spiro atoms. The van der Waals surface area contributed by atoms with Crippen LogP contribution in [0.2, 0.25) is 10.0 Å². The van der Waals surface area contributed by atoms with Crippen LogP contribution in [-0.2, 0) is 5.72 Å². The molecule has 0 aromatic heterocycles. The zero-order valence-electron chi connectivity index (χ0n) is 16.4. The highest BCUT2D eigenvalue weighted by atomic mass is 35.5. The lowest BCUT2D eigenvalue weighted by atomic mass is 9.91. The summed E-state index contributed by atoms with van der Waals surface area (Å²) in [5.74, 6) is -0.502. The minimum atomic E-state index is -1.72. The standard InChI is InChI=1S/C24H19Cl2NO3/c1-14(16-3-8-19(25)9-4-16)27-23(29)21-13-17(15(2)28)5-12-22(21)24(27,30)18-6-10-20(26)11-7-18/h3-14,30H,1-2H3/t14-,24?/m0/s1. The molecule has 0 saturated carbocycles. The van der Waals surface area contributed by atoms with Crippen molar-refractivity contribution in [3.8, 4) is 0 Å². The summed E-state index contributed by atoms with van der Waals surface area (Å²) in [6.07, 6.45) is 0. The molecule has 0 saturated heterocycles. The molecule has 4 rings (SSSR count). The Balaban J connectivity index is 1.92. The second-order valence-corrected chi connectivity index (χ2v) is 8.27. The molecule has 4 nitrogen and oxygen atoms in total. The number of aliphatic hydroxyl groups is 1. The molecule has 3 aromatic carbocycles. The number of carbonyl (C=O) groups excluding carboxylic acids is 2. The highest BCUT2D eigenvalue weighted by Gasteiger charge is 2.52. The Morgan fingerprint density at radius 2 is 1.53 bits per heavy atom. The molecule has 152 valence electrons. The Morgan fingerprint density at radius 1 is 0.967 bits per heavy atom. The van der Waals surface area contributed by atoms with E-state index in [1.807, 2.05) is 19.1 Å². The minimum absolute atomic E-state index is 0.148. The average Bonchev–Trinajstić information content (AvgIpc) is 2.96. The van der Waals surface area contributed by atoms with Gasteiger partial charge >= 0.3 is 0 Å². The first-order valence-electron chi connectivity index (χ1n) is 9.46. The molecule has 0 fully saturated rings. The van der Waals surface area contributed by atoms with Crippen molar-refractivity contribution in [2.24, 2.45) is 0 Å². The van der Waals surface area contributed by atoms with E-state index in [2.05, 4.69) is 0 Å². The molecule has 1 N–H and O–H groups in total. The van der Waals surface area contributed by atoms with Crippen molar-refractivity contribution in [1.82, 2.24) is 4.90 Å². The summed E-state index contributed by atoms with van der Waals surface area (Å²) in [5, 5.41) is 13.1. The number of fused-ring (bicyclic) bond motifs is 1. The maximum absolute atomic E-state index is 13.5. The Kier molecular flexibility index (Phi) is 5.18. The molecular formula is C24H19Cl2NO3. The Hall–Kier alpha value is -2.66. The Morgan fingerprint density at radius 3 is 2.10 bits per heavy atom. The van der Waals surface area contributed by atoms with E-state index in [1.54, 1.807) is 54.6 Å². The first-order valence-corrected chi connectivity index (χ1v) is 10.2. The van der Waals surface area contributed by atoms with Gasteiger partial charge in [0.1, 0.15) is 0 Å². The van der Waals surface area contributed by atoms with Gasteiger partial charge in [0.2, 0.25) is 0 Å². The monoisotopic (exact) mass is 439 g/mol. The predicted octanol–water partition coefficient (Wildman–Crippen LogP) is 5.61. The van der Waals surface area contributed by atoms with Crippen molar-refractivity contribution in [2.75, 3.05) is 0 Å². The highest BCUT2D eigenvalue weighted by Crippen LogP contribution is 2.47. The smallest absolute Gasteiger partial charge is 0.257 e. The number of halogens is 2. The number of Topliss-reactive ketones (excluding diaryl/α,β-unsaturated/α-hetero) is 1. The lowest BCUT2D eigenvalue weighted by Crippen LogP contribution is -2.46. The number of benzene rings is 3. The minimum Gasteiger partial charge on any atom is -0.363 e. The second-order valence-electron chi connectivity index (χ2n) is 7.40. The summed E-state index contributed by atoms with van der Waals surface area (Å²) < 4.78 is 0. The summed E-state index contributed by atoms with van der Waals surface area (Å²) in [6, 6.07) is 18.2. The number of amides is 1. The van der Waals surface area contributed by atoms with Crippen LogP contribution in [0, 0.1) is 0 Å². The van der Waals surface area contributed by atoms with Gasteiger partial charge in [0, 0.05) is 32.3 Å². The molecular weight excluding hydrogens is 421 g/mol. The third-order valence-electron chi connectivity index (χ3n) is 5.59. The van der Waals surface area contributed by atoms with E-state index in [0.717, 1.165) is 5.56 Å². The summed E-state index contributed by atoms with van der Waals surface area (Å²) in [5.41, 5.74) is 0.768. The van der Waals surface area contributed by atoms with Crippen LogP contribution in [0.25, 0.3) is 0 Å². The van der Waals surface area contributed by atoms with Crippen LogP contribution in [-0.4, -0.2) is 21.7 Å². The normalized spacial score (nSPS) is 19.0. The topological polar surface area (TPSA) is 57.6 Å². The summed E-state index contributed by atoms with van der Waals surface area (Å²) in [6.45, 7) is 3.29. The van der Waals surface area contributed by atoms with E-state index in [0.29, 0.717) is 32.3 Å². The van der Waals surface area contributed by atoms with Crippen molar-refractivity contribution in [2.45, 2.75) is 25.6 Å². The van der Waals surface area contributed by atoms with Gasteiger partial charge in [0.25, 0.3) is 5.91 Å². The van der Waals surface area contributed by atoms with E-state index in [1.165, 1.54) is 11.8 Å². The van der Waals surface area contributed by atoms with Crippen LogP contribution in [0.4, 0.5) is 0 Å². The van der Waals surface area contributed by atoms with Crippen LogP contribution in [0.5, 0.6) is 0 Å². The van der Waals surface area contributed by atoms with Crippen molar-refractivity contribution in [3.05, 3.63) is 105 Å². The summed E-state index contributed by atoms with van der Waals surface area (Å²) >= 11 is 12.1. The molecule has 1 heterocycles. The first-order chi connectivity index (χ1) is 14.2. The molecule has 6 heteroatoms. The van der Waals surface area contributed by atoms with Crippen LogP contribution < -0.4 is 0 Å². The van der Waals surface area contributed by atoms with Crippen molar-refractivity contribution < 1.29 is 14.7 Å². The molecule has 3 aromatic rings. The number of hydrogen-bond donors (Lipinski definition) is 1. The fourth-order valence-electron chi connectivity index (χ4n) is 3.97. The SMILES string of the molecule is CC(=O)c1ccc2c(c1)C(=O)N([C@@H](C)c1ccc(Cl)cc1)C2(O)c1ccc(Cl)cc1. The average molecular weight is 440 g/mol. The van der Waals surface area contributed by atoms with Gasteiger partial charge in [-0.2, -0.15) is 0 Å². The van der Waals surface area contributed by atoms with Crippen LogP contribution in [0.1, 0.15) is 57.3 Å². The molecule has 1 aliphatic heterocycles. The third kappa shape index (κ3) is 3.21. The van der Waals surface area contributed by atoms with E-state index >= 15 is 0 Å². The largest absolute Gasteiger partial charge is 0.363 e. The van der Waals surface area contributed by atoms with Gasteiger partial charge in [0.05, 0.1) is 6.04 Å². The van der Waals surface area contributed by atoms with Gasteiger partial charge in [0.15, 0.2) is 11.5 Å². The van der Waals surface area contributed by atoms with E-state index in [4.69, 9.17) is 23.2 Å². The maximum Gasteiger partial charge on any atom is 0.257 e. The van der Waals surface area contributed by atoms with Crippen molar-refractivity contribution in [3.63, 3.8) is 0 Å². The zero-order valence-corrected chi connectivity index (χ0v) is 17.9. The van der Waals surface area contributed by atoms with Gasteiger partial charge in [-0.25, -0.2) is 0 Å². The van der Waals surface area contributed by atoms with Crippen molar-refractivity contribution >= 4 is 34.9 Å². The number of hydrogen-bond acceptors (Lipinski definition) is 3. The van der Waals surface area contributed by atoms with Crippen molar-refractivity contribution in [1.29, 1.82) is 0 Å². The molecule has 1 aliphatic rings. The van der Waals surface area contributed by atoms with Gasteiger partial charge in [-0.15, -0.1) is 0 Å². The quantitative estimate of drug-likeness (QED) is 0.537. The lowest BCUT2D eigenvalue weighted by molar-refractivity contribution is -0.0677. The van der Waals surface area contributed by atoms with Gasteiger partial charge in [-0.1, -0.05) is 59.6 Å². The number of ketones is 1. The fraction of sp³-hybridized carbons (Fsp3) is 0.167. The molecule has 0 radical (unpaired) electrons. The number of rotatable bonds is 4. The van der Waals surface area contributed by atoms with Gasteiger partial charge < -0.3 is 5.11 Å². The third-order valence-corrected chi connectivity index (χ3v) is 6.09. The Bertz CT molecular complexity index is 1140. The molecule has 0 aliphatic carbocycles. The lowest BCUT2D eigenvalue weighted by Gasteiger charge is -2.39. The van der Waals surface area contributed by atoms with E-state index in [-0.39, 0.29) is 11.7 Å².